The molecule has 0 aliphatic rings. The van der Waals surface area contributed by atoms with Gasteiger partial charge in [0.2, 0.25) is 0 Å². The van der Waals surface area contributed by atoms with Crippen molar-refractivity contribution < 1.29 is 14.3 Å². The van der Waals surface area contributed by atoms with E-state index >= 15 is 0 Å². The van der Waals surface area contributed by atoms with Crippen molar-refractivity contribution in [2.75, 3.05) is 14.2 Å². The average Bonchev–Trinajstić information content (AvgIpc) is 2.71. The highest BCUT2D eigenvalue weighted by atomic mass is 16.5. The van der Waals surface area contributed by atoms with Crippen molar-refractivity contribution in [3.05, 3.63) is 77.4 Å². The fourth-order valence-corrected chi connectivity index (χ4v) is 3.49. The minimum Gasteiger partial charge on any atom is -0.495 e. The van der Waals surface area contributed by atoms with Crippen LogP contribution < -0.4 is 4.74 Å². The Balaban J connectivity index is 2.31. The van der Waals surface area contributed by atoms with E-state index < -0.39 is 5.97 Å². The van der Waals surface area contributed by atoms with E-state index in [2.05, 4.69) is 52.0 Å². The van der Waals surface area contributed by atoms with Crippen LogP contribution in [0.25, 0.3) is 22.3 Å². The van der Waals surface area contributed by atoms with Gasteiger partial charge >= 0.3 is 5.97 Å². The quantitative estimate of drug-likeness (QED) is 0.484. The molecule has 3 nitrogen and oxygen atoms in total. The minimum atomic E-state index is -0.412. The monoisotopic (exact) mass is 388 g/mol. The van der Waals surface area contributed by atoms with Gasteiger partial charge in [0.25, 0.3) is 0 Å². The molecule has 3 rings (SSSR count). The molecule has 0 aliphatic carbocycles. The predicted octanol–water partition coefficient (Wildman–Crippen LogP) is 6.42. The SMILES string of the molecule is COC(=O)c1cc(-c2cc(C)cc(C(C)(C)C)c2)cc(-c2ccccc2)c1OC. The summed E-state index contributed by atoms with van der Waals surface area (Å²) in [7, 11) is 2.97. The molecule has 29 heavy (non-hydrogen) atoms. The summed E-state index contributed by atoms with van der Waals surface area (Å²) in [6.45, 7) is 8.71. The van der Waals surface area contributed by atoms with Gasteiger partial charge in [0.05, 0.1) is 14.2 Å². The molecular weight excluding hydrogens is 360 g/mol. The van der Waals surface area contributed by atoms with E-state index in [1.807, 2.05) is 36.4 Å². The lowest BCUT2D eigenvalue weighted by Gasteiger charge is -2.21. The first-order chi connectivity index (χ1) is 13.7. The lowest BCUT2D eigenvalue weighted by atomic mass is 9.84. The number of hydrogen-bond acceptors (Lipinski definition) is 3. The second-order valence-electron chi connectivity index (χ2n) is 8.30. The molecule has 3 aromatic carbocycles. The Labute approximate surface area is 173 Å². The lowest BCUT2D eigenvalue weighted by molar-refractivity contribution is 0.0597. The summed E-state index contributed by atoms with van der Waals surface area (Å²) in [4.78, 5) is 12.6. The van der Waals surface area contributed by atoms with Crippen molar-refractivity contribution in [1.82, 2.24) is 0 Å². The number of hydrogen-bond donors (Lipinski definition) is 0. The van der Waals surface area contributed by atoms with Gasteiger partial charge in [-0.1, -0.05) is 74.9 Å². The first-order valence-corrected chi connectivity index (χ1v) is 9.73. The summed E-state index contributed by atoms with van der Waals surface area (Å²) in [6, 6.07) is 20.5. The Bertz CT molecular complexity index is 1030. The Morgan fingerprint density at radius 3 is 2.07 bits per heavy atom. The number of aryl methyl sites for hydroxylation is 1. The Morgan fingerprint density at radius 2 is 1.48 bits per heavy atom. The van der Waals surface area contributed by atoms with Gasteiger partial charge in [-0.05, 0) is 46.7 Å². The molecule has 0 amide bonds. The van der Waals surface area contributed by atoms with Gasteiger partial charge in [-0.3, -0.25) is 0 Å². The highest BCUT2D eigenvalue weighted by molar-refractivity contribution is 5.98. The fourth-order valence-electron chi connectivity index (χ4n) is 3.49. The molecule has 0 N–H and O–H groups in total. The molecule has 0 saturated carbocycles. The third kappa shape index (κ3) is 4.34. The normalized spacial score (nSPS) is 11.2. The smallest absolute Gasteiger partial charge is 0.341 e. The standard InChI is InChI=1S/C26H28O3/c1-17-12-19(14-21(13-17)26(2,3)4)20-15-22(18-10-8-7-9-11-18)24(28-5)23(16-20)25(27)29-6/h7-16H,1-6H3. The van der Waals surface area contributed by atoms with Gasteiger partial charge in [-0.2, -0.15) is 0 Å². The van der Waals surface area contributed by atoms with Gasteiger partial charge in [0.15, 0.2) is 0 Å². The van der Waals surface area contributed by atoms with Crippen LogP contribution in [0.2, 0.25) is 0 Å². The molecule has 0 bridgehead atoms. The first kappa shape index (κ1) is 20.7. The molecule has 0 spiro atoms. The van der Waals surface area contributed by atoms with E-state index in [0.717, 1.165) is 22.3 Å². The number of rotatable bonds is 4. The second-order valence-corrected chi connectivity index (χ2v) is 8.30. The van der Waals surface area contributed by atoms with E-state index in [9.17, 15) is 4.79 Å². The lowest BCUT2D eigenvalue weighted by Crippen LogP contribution is -2.11. The van der Waals surface area contributed by atoms with Crippen LogP contribution in [0.15, 0.2) is 60.7 Å². The van der Waals surface area contributed by atoms with Crippen LogP contribution in [0.1, 0.15) is 42.3 Å². The van der Waals surface area contributed by atoms with E-state index in [-0.39, 0.29) is 5.41 Å². The molecule has 0 aliphatic heterocycles. The van der Waals surface area contributed by atoms with Crippen LogP contribution >= 0.6 is 0 Å². The van der Waals surface area contributed by atoms with Crippen LogP contribution in [-0.2, 0) is 10.2 Å². The number of ether oxygens (including phenoxy) is 2. The summed E-state index contributed by atoms with van der Waals surface area (Å²) in [6.07, 6.45) is 0. The molecule has 0 unspecified atom stereocenters. The van der Waals surface area contributed by atoms with Crippen LogP contribution in [0.3, 0.4) is 0 Å². The van der Waals surface area contributed by atoms with E-state index in [4.69, 9.17) is 9.47 Å². The topological polar surface area (TPSA) is 35.5 Å². The average molecular weight is 389 g/mol. The van der Waals surface area contributed by atoms with Crippen LogP contribution in [0.5, 0.6) is 5.75 Å². The highest BCUT2D eigenvalue weighted by Crippen LogP contribution is 2.39. The molecular formula is C26H28O3. The Kier molecular flexibility index (Phi) is 5.78. The van der Waals surface area contributed by atoms with Gasteiger partial charge in [-0.15, -0.1) is 0 Å². The van der Waals surface area contributed by atoms with E-state index in [0.29, 0.717) is 11.3 Å². The number of carbonyl (C=O) groups excluding carboxylic acids is 1. The third-order valence-electron chi connectivity index (χ3n) is 5.06. The largest absolute Gasteiger partial charge is 0.495 e. The molecule has 0 atom stereocenters. The fraction of sp³-hybridized carbons (Fsp3) is 0.269. The molecule has 0 saturated heterocycles. The zero-order chi connectivity index (χ0) is 21.2. The van der Waals surface area contributed by atoms with Gasteiger partial charge in [0.1, 0.15) is 11.3 Å². The predicted molar refractivity (Wildman–Crippen MR) is 119 cm³/mol. The van der Waals surface area contributed by atoms with Crippen molar-refractivity contribution in [2.45, 2.75) is 33.1 Å². The summed E-state index contributed by atoms with van der Waals surface area (Å²) < 4.78 is 10.7. The van der Waals surface area contributed by atoms with Gasteiger partial charge in [0, 0.05) is 5.56 Å². The van der Waals surface area contributed by atoms with Crippen molar-refractivity contribution in [1.29, 1.82) is 0 Å². The van der Waals surface area contributed by atoms with Gasteiger partial charge in [-0.25, -0.2) is 4.79 Å². The maximum Gasteiger partial charge on any atom is 0.341 e. The van der Waals surface area contributed by atoms with Crippen LogP contribution in [0, 0.1) is 6.92 Å². The zero-order valence-corrected chi connectivity index (χ0v) is 18.0. The molecule has 3 aromatic rings. The van der Waals surface area contributed by atoms with Crippen LogP contribution in [0.4, 0.5) is 0 Å². The number of esters is 1. The maximum atomic E-state index is 12.6. The minimum absolute atomic E-state index is 0.0285. The number of methoxy groups -OCH3 is 2. The molecule has 0 fully saturated rings. The zero-order valence-electron chi connectivity index (χ0n) is 18.0. The molecule has 0 aromatic heterocycles. The maximum absolute atomic E-state index is 12.6. The van der Waals surface area contributed by atoms with E-state index in [1.165, 1.54) is 18.2 Å². The first-order valence-electron chi connectivity index (χ1n) is 9.73. The van der Waals surface area contributed by atoms with Crippen molar-refractivity contribution in [3.63, 3.8) is 0 Å². The Morgan fingerprint density at radius 1 is 0.828 bits per heavy atom. The summed E-state index contributed by atoms with van der Waals surface area (Å²) in [5.41, 5.74) is 6.77. The number of carbonyl (C=O) groups is 1. The second kappa shape index (κ2) is 8.12. The summed E-state index contributed by atoms with van der Waals surface area (Å²) >= 11 is 0. The molecule has 3 heteroatoms. The highest BCUT2D eigenvalue weighted by Gasteiger charge is 2.21. The molecule has 150 valence electrons. The van der Waals surface area contributed by atoms with Crippen LogP contribution in [-0.4, -0.2) is 20.2 Å². The van der Waals surface area contributed by atoms with Crippen molar-refractivity contribution in [3.8, 4) is 28.0 Å². The number of benzene rings is 3. The third-order valence-corrected chi connectivity index (χ3v) is 5.06. The molecule has 0 heterocycles. The van der Waals surface area contributed by atoms with Crippen molar-refractivity contribution in [2.24, 2.45) is 0 Å². The molecule has 0 radical (unpaired) electrons. The van der Waals surface area contributed by atoms with E-state index in [1.54, 1.807) is 7.11 Å². The Hall–Kier alpha value is -3.07. The summed E-state index contributed by atoms with van der Waals surface area (Å²) in [5, 5.41) is 0. The van der Waals surface area contributed by atoms with Crippen molar-refractivity contribution >= 4 is 5.97 Å². The summed E-state index contributed by atoms with van der Waals surface area (Å²) in [5.74, 6) is 0.111. The van der Waals surface area contributed by atoms with Gasteiger partial charge < -0.3 is 9.47 Å².